The lowest BCUT2D eigenvalue weighted by Gasteiger charge is -2.03. The summed E-state index contributed by atoms with van der Waals surface area (Å²) in [6, 6.07) is 7.57. The van der Waals surface area contributed by atoms with Gasteiger partial charge in [0.2, 0.25) is 0 Å². The fraction of sp³-hybridized carbons (Fsp3) is 0.154. The molecule has 18 heavy (non-hydrogen) atoms. The number of rotatable bonds is 4. The highest BCUT2D eigenvalue weighted by molar-refractivity contribution is 9.13. The van der Waals surface area contributed by atoms with Crippen LogP contribution in [0.5, 0.6) is 5.75 Å². The number of thiophene rings is 1. The predicted molar refractivity (Wildman–Crippen MR) is 80.7 cm³/mol. The summed E-state index contributed by atoms with van der Waals surface area (Å²) >= 11 is 8.23. The second kappa shape index (κ2) is 5.99. The fourth-order valence-corrected chi connectivity index (χ4v) is 3.69. The number of benzene rings is 1. The van der Waals surface area contributed by atoms with Gasteiger partial charge in [0.05, 0.1) is 16.5 Å². The van der Waals surface area contributed by atoms with Crippen molar-refractivity contribution in [3.8, 4) is 5.75 Å². The third kappa shape index (κ3) is 3.02. The maximum absolute atomic E-state index is 12.2. The Morgan fingerprint density at radius 3 is 2.78 bits per heavy atom. The Balaban J connectivity index is 2.18. The second-order valence-electron chi connectivity index (χ2n) is 3.68. The maximum atomic E-state index is 12.2. The molecule has 2 rings (SSSR count). The number of carbonyl (C=O) groups is 1. The van der Waals surface area contributed by atoms with Crippen molar-refractivity contribution < 1.29 is 9.53 Å². The van der Waals surface area contributed by atoms with Gasteiger partial charge in [-0.2, -0.15) is 0 Å². The highest BCUT2D eigenvalue weighted by atomic mass is 79.9. The second-order valence-corrected chi connectivity index (χ2v) is 6.21. The van der Waals surface area contributed by atoms with Crippen molar-refractivity contribution in [1.82, 2.24) is 0 Å². The molecule has 0 spiro atoms. The van der Waals surface area contributed by atoms with Gasteiger partial charge >= 0.3 is 0 Å². The minimum atomic E-state index is 0.103. The first-order valence-corrected chi connectivity index (χ1v) is 7.67. The molecule has 0 N–H and O–H groups in total. The van der Waals surface area contributed by atoms with E-state index in [0.717, 1.165) is 25.1 Å². The standard InChI is InChI=1S/C13H10Br2O2S/c1-17-9-4-2-3-8(5-9)6-11(16)13-12(15)10(14)7-18-13/h2-5,7H,6H2,1H3. The Morgan fingerprint density at radius 2 is 2.17 bits per heavy atom. The molecule has 0 aliphatic carbocycles. The monoisotopic (exact) mass is 388 g/mol. The van der Waals surface area contributed by atoms with Gasteiger partial charge in [0.25, 0.3) is 0 Å². The molecule has 0 saturated heterocycles. The summed E-state index contributed by atoms with van der Waals surface area (Å²) in [5.41, 5.74) is 0.954. The minimum Gasteiger partial charge on any atom is -0.497 e. The molecular formula is C13H10Br2O2S. The molecule has 0 aliphatic heterocycles. The third-order valence-electron chi connectivity index (χ3n) is 2.44. The first-order valence-electron chi connectivity index (χ1n) is 5.20. The van der Waals surface area contributed by atoms with Gasteiger partial charge < -0.3 is 4.74 Å². The van der Waals surface area contributed by atoms with Crippen molar-refractivity contribution in [2.75, 3.05) is 7.11 Å². The molecule has 0 radical (unpaired) electrons. The lowest BCUT2D eigenvalue weighted by molar-refractivity contribution is 0.0996. The quantitative estimate of drug-likeness (QED) is 0.708. The van der Waals surface area contributed by atoms with Crippen molar-refractivity contribution in [2.45, 2.75) is 6.42 Å². The number of carbonyl (C=O) groups excluding carboxylic acids is 1. The minimum absolute atomic E-state index is 0.103. The van der Waals surface area contributed by atoms with Gasteiger partial charge in [-0.15, -0.1) is 11.3 Å². The predicted octanol–water partition coefficient (Wildman–Crippen LogP) is 4.71. The molecule has 0 unspecified atom stereocenters. The van der Waals surface area contributed by atoms with Crippen molar-refractivity contribution in [3.05, 3.63) is 49.0 Å². The molecule has 94 valence electrons. The molecule has 1 aromatic heterocycles. The van der Waals surface area contributed by atoms with E-state index in [1.54, 1.807) is 7.11 Å². The van der Waals surface area contributed by atoms with E-state index in [4.69, 9.17) is 4.74 Å². The van der Waals surface area contributed by atoms with Gasteiger partial charge in [-0.1, -0.05) is 12.1 Å². The van der Waals surface area contributed by atoms with Crippen molar-refractivity contribution in [1.29, 1.82) is 0 Å². The molecule has 2 nitrogen and oxygen atoms in total. The van der Waals surface area contributed by atoms with Gasteiger partial charge in [0, 0.05) is 16.3 Å². The van der Waals surface area contributed by atoms with E-state index in [0.29, 0.717) is 6.42 Å². The number of methoxy groups -OCH3 is 1. The van der Waals surface area contributed by atoms with Crippen LogP contribution in [0, 0.1) is 0 Å². The zero-order valence-electron chi connectivity index (χ0n) is 9.57. The van der Waals surface area contributed by atoms with E-state index in [-0.39, 0.29) is 5.78 Å². The van der Waals surface area contributed by atoms with Crippen molar-refractivity contribution >= 4 is 49.0 Å². The smallest absolute Gasteiger partial charge is 0.178 e. The van der Waals surface area contributed by atoms with Crippen LogP contribution >= 0.6 is 43.2 Å². The number of Topliss-reactive ketones (excluding diaryl/α,β-unsaturated/α-hetero) is 1. The van der Waals surface area contributed by atoms with E-state index in [1.807, 2.05) is 29.6 Å². The lowest BCUT2D eigenvalue weighted by Crippen LogP contribution is -2.02. The summed E-state index contributed by atoms with van der Waals surface area (Å²) in [4.78, 5) is 12.9. The first-order chi connectivity index (χ1) is 8.61. The summed E-state index contributed by atoms with van der Waals surface area (Å²) in [5, 5.41) is 1.91. The zero-order chi connectivity index (χ0) is 13.1. The topological polar surface area (TPSA) is 26.3 Å². The molecule has 0 amide bonds. The number of hydrogen-bond acceptors (Lipinski definition) is 3. The summed E-state index contributed by atoms with van der Waals surface area (Å²) in [7, 11) is 1.62. The fourth-order valence-electron chi connectivity index (χ4n) is 1.56. The number of halogens is 2. The Hall–Kier alpha value is -0.650. The summed E-state index contributed by atoms with van der Waals surface area (Å²) in [5.74, 6) is 0.873. The normalized spacial score (nSPS) is 10.4. The molecule has 1 heterocycles. The van der Waals surface area contributed by atoms with Crippen LogP contribution in [0.25, 0.3) is 0 Å². The van der Waals surface area contributed by atoms with E-state index in [9.17, 15) is 4.79 Å². The maximum Gasteiger partial charge on any atom is 0.178 e. The van der Waals surface area contributed by atoms with E-state index < -0.39 is 0 Å². The summed E-state index contributed by atoms with van der Waals surface area (Å²) in [6.45, 7) is 0. The van der Waals surface area contributed by atoms with Crippen LogP contribution in [-0.4, -0.2) is 12.9 Å². The number of ketones is 1. The largest absolute Gasteiger partial charge is 0.497 e. The average molecular weight is 390 g/mol. The van der Waals surface area contributed by atoms with Crippen LogP contribution in [0.3, 0.4) is 0 Å². The molecule has 0 fully saturated rings. The van der Waals surface area contributed by atoms with Gasteiger partial charge in [0.15, 0.2) is 5.78 Å². The van der Waals surface area contributed by atoms with Crippen LogP contribution in [0.2, 0.25) is 0 Å². The third-order valence-corrected chi connectivity index (χ3v) is 6.01. The molecule has 0 atom stereocenters. The average Bonchev–Trinajstić information content (AvgIpc) is 2.70. The summed E-state index contributed by atoms with van der Waals surface area (Å²) in [6.07, 6.45) is 0.378. The number of ether oxygens (including phenoxy) is 1. The lowest BCUT2D eigenvalue weighted by atomic mass is 10.1. The van der Waals surface area contributed by atoms with Crippen molar-refractivity contribution in [2.24, 2.45) is 0 Å². The first kappa shape index (κ1) is 13.8. The molecular weight excluding hydrogens is 380 g/mol. The Morgan fingerprint density at radius 1 is 1.39 bits per heavy atom. The molecule has 0 saturated carbocycles. The Bertz CT molecular complexity index is 578. The van der Waals surface area contributed by atoms with Gasteiger partial charge in [0.1, 0.15) is 5.75 Å². The Kier molecular flexibility index (Phi) is 4.59. The van der Waals surface area contributed by atoms with E-state index in [1.165, 1.54) is 11.3 Å². The molecule has 2 aromatic rings. The molecule has 0 aliphatic rings. The van der Waals surface area contributed by atoms with Crippen LogP contribution in [0.4, 0.5) is 0 Å². The van der Waals surface area contributed by atoms with Gasteiger partial charge in [-0.3, -0.25) is 4.79 Å². The SMILES string of the molecule is COc1cccc(CC(=O)c2scc(Br)c2Br)c1. The van der Waals surface area contributed by atoms with Crippen LogP contribution in [0.1, 0.15) is 15.2 Å². The zero-order valence-corrected chi connectivity index (χ0v) is 13.6. The van der Waals surface area contributed by atoms with Gasteiger partial charge in [-0.25, -0.2) is 0 Å². The van der Waals surface area contributed by atoms with E-state index in [2.05, 4.69) is 31.9 Å². The highest BCUT2D eigenvalue weighted by Gasteiger charge is 2.15. The molecule has 5 heteroatoms. The highest BCUT2D eigenvalue weighted by Crippen LogP contribution is 2.33. The molecule has 0 bridgehead atoms. The van der Waals surface area contributed by atoms with Crippen molar-refractivity contribution in [3.63, 3.8) is 0 Å². The van der Waals surface area contributed by atoms with Crippen LogP contribution < -0.4 is 4.74 Å². The molecule has 1 aromatic carbocycles. The van der Waals surface area contributed by atoms with Gasteiger partial charge in [-0.05, 0) is 49.6 Å². The number of hydrogen-bond donors (Lipinski definition) is 0. The van der Waals surface area contributed by atoms with E-state index >= 15 is 0 Å². The van der Waals surface area contributed by atoms with Crippen LogP contribution in [0.15, 0.2) is 38.6 Å². The summed E-state index contributed by atoms with van der Waals surface area (Å²) < 4.78 is 6.90. The Labute approximate surface area is 126 Å². The van der Waals surface area contributed by atoms with Crippen LogP contribution in [-0.2, 0) is 6.42 Å².